The molecule has 0 aliphatic carbocycles. The van der Waals surface area contributed by atoms with E-state index in [-0.39, 0.29) is 5.91 Å². The predicted octanol–water partition coefficient (Wildman–Crippen LogP) is 1.81. The molecule has 9 nitrogen and oxygen atoms in total. The van der Waals surface area contributed by atoms with Gasteiger partial charge in [-0.3, -0.25) is 14.5 Å². The summed E-state index contributed by atoms with van der Waals surface area (Å²) in [6, 6.07) is 7.36. The first-order valence-corrected chi connectivity index (χ1v) is 8.57. The second-order valence-corrected chi connectivity index (χ2v) is 6.02. The normalized spacial score (nSPS) is 10.5. The topological polar surface area (TPSA) is 110 Å². The molecule has 3 N–H and O–H groups in total. The van der Waals surface area contributed by atoms with Crippen LogP contribution >= 0.6 is 0 Å². The molecule has 0 atom stereocenters. The van der Waals surface area contributed by atoms with Crippen molar-refractivity contribution in [1.82, 2.24) is 30.3 Å². The lowest BCUT2D eigenvalue weighted by atomic mass is 10.2. The highest BCUT2D eigenvalue weighted by molar-refractivity contribution is 5.96. The Balaban J connectivity index is 1.46. The summed E-state index contributed by atoms with van der Waals surface area (Å²) in [5.74, 6) is 1.16. The smallest absolute Gasteiger partial charge is 0.255 e. The summed E-state index contributed by atoms with van der Waals surface area (Å²) in [5, 5.41) is 21.6. The number of pyridine rings is 1. The van der Waals surface area contributed by atoms with Crippen LogP contribution in [0.5, 0.6) is 0 Å². The van der Waals surface area contributed by atoms with Gasteiger partial charge in [0.1, 0.15) is 5.82 Å². The van der Waals surface area contributed by atoms with Crippen LogP contribution in [0.15, 0.2) is 36.7 Å². The lowest BCUT2D eigenvalue weighted by molar-refractivity contribution is 0.0954. The molecule has 0 saturated heterocycles. The van der Waals surface area contributed by atoms with Gasteiger partial charge in [-0.1, -0.05) is 0 Å². The van der Waals surface area contributed by atoms with E-state index in [2.05, 4.69) is 36.2 Å². The standard InChI is InChI=1S/C18H22N8O/c1-12-17(13(2)26(3)25-12)18(27)21-11-10-20-15-4-5-16(24-23-15)22-14-6-8-19-9-7-14/h4-9H,10-11H2,1-3H3,(H,20,23)(H,21,27)(H,19,22,24). The third-order valence-corrected chi connectivity index (χ3v) is 4.07. The predicted molar refractivity (Wildman–Crippen MR) is 103 cm³/mol. The van der Waals surface area contributed by atoms with Gasteiger partial charge in [0.15, 0.2) is 5.82 Å². The van der Waals surface area contributed by atoms with Gasteiger partial charge in [0.05, 0.1) is 11.3 Å². The Kier molecular flexibility index (Phi) is 5.60. The number of hydrogen-bond acceptors (Lipinski definition) is 7. The van der Waals surface area contributed by atoms with E-state index in [0.29, 0.717) is 30.3 Å². The average molecular weight is 366 g/mol. The average Bonchev–Trinajstić information content (AvgIpc) is 2.93. The molecule has 0 saturated carbocycles. The van der Waals surface area contributed by atoms with Gasteiger partial charge in [0.2, 0.25) is 0 Å². The fraction of sp³-hybridized carbons (Fsp3) is 0.278. The molecular weight excluding hydrogens is 344 g/mol. The minimum Gasteiger partial charge on any atom is -0.367 e. The van der Waals surface area contributed by atoms with Crippen LogP contribution in [-0.2, 0) is 7.05 Å². The number of rotatable bonds is 7. The summed E-state index contributed by atoms with van der Waals surface area (Å²) >= 11 is 0. The highest BCUT2D eigenvalue weighted by atomic mass is 16.1. The van der Waals surface area contributed by atoms with E-state index >= 15 is 0 Å². The van der Waals surface area contributed by atoms with Gasteiger partial charge < -0.3 is 16.0 Å². The second kappa shape index (κ2) is 8.26. The Labute approximate surface area is 157 Å². The monoisotopic (exact) mass is 366 g/mol. The highest BCUT2D eigenvalue weighted by Gasteiger charge is 2.16. The van der Waals surface area contributed by atoms with Crippen molar-refractivity contribution in [2.45, 2.75) is 13.8 Å². The first-order chi connectivity index (χ1) is 13.0. The van der Waals surface area contributed by atoms with Crippen LogP contribution in [-0.4, -0.2) is 44.0 Å². The second-order valence-electron chi connectivity index (χ2n) is 6.02. The van der Waals surface area contributed by atoms with E-state index in [4.69, 9.17) is 0 Å². The number of carbonyl (C=O) groups is 1. The summed E-state index contributed by atoms with van der Waals surface area (Å²) < 4.78 is 1.71. The number of nitrogens with zero attached hydrogens (tertiary/aromatic N) is 5. The van der Waals surface area contributed by atoms with Gasteiger partial charge in [0, 0.05) is 43.9 Å². The molecule has 0 bridgehead atoms. The van der Waals surface area contributed by atoms with Crippen LogP contribution < -0.4 is 16.0 Å². The minimum atomic E-state index is -0.122. The fourth-order valence-corrected chi connectivity index (χ4v) is 2.63. The molecule has 0 spiro atoms. The summed E-state index contributed by atoms with van der Waals surface area (Å²) in [7, 11) is 1.83. The van der Waals surface area contributed by atoms with E-state index < -0.39 is 0 Å². The lowest BCUT2D eigenvalue weighted by Crippen LogP contribution is -2.29. The van der Waals surface area contributed by atoms with E-state index in [1.807, 2.05) is 45.2 Å². The largest absolute Gasteiger partial charge is 0.367 e. The van der Waals surface area contributed by atoms with Gasteiger partial charge in [-0.25, -0.2) is 0 Å². The van der Waals surface area contributed by atoms with Crippen molar-refractivity contribution < 1.29 is 4.79 Å². The maximum Gasteiger partial charge on any atom is 0.255 e. The summed E-state index contributed by atoms with van der Waals surface area (Å²) in [6.07, 6.45) is 3.41. The molecule has 0 aliphatic heterocycles. The minimum absolute atomic E-state index is 0.122. The quantitative estimate of drug-likeness (QED) is 0.547. The number of amides is 1. The molecule has 0 unspecified atom stereocenters. The van der Waals surface area contributed by atoms with Crippen LogP contribution in [0, 0.1) is 13.8 Å². The maximum atomic E-state index is 12.3. The molecule has 0 radical (unpaired) electrons. The summed E-state index contributed by atoms with van der Waals surface area (Å²) in [4.78, 5) is 16.3. The molecule has 27 heavy (non-hydrogen) atoms. The number of aromatic nitrogens is 5. The Morgan fingerprint density at radius 2 is 1.74 bits per heavy atom. The number of aryl methyl sites for hydroxylation is 2. The van der Waals surface area contributed by atoms with Gasteiger partial charge >= 0.3 is 0 Å². The molecule has 3 rings (SSSR count). The summed E-state index contributed by atoms with van der Waals surface area (Å²) in [6.45, 7) is 4.71. The first-order valence-electron chi connectivity index (χ1n) is 8.57. The SMILES string of the molecule is Cc1nn(C)c(C)c1C(=O)NCCNc1ccc(Nc2ccncc2)nn1. The van der Waals surface area contributed by atoms with E-state index in [1.165, 1.54) is 0 Å². The lowest BCUT2D eigenvalue weighted by Gasteiger charge is -2.08. The molecule has 0 fully saturated rings. The molecular formula is C18H22N8O. The van der Waals surface area contributed by atoms with Crippen LogP contribution in [0.1, 0.15) is 21.7 Å². The number of nitrogens with one attached hydrogen (secondary N) is 3. The number of anilines is 3. The summed E-state index contributed by atoms with van der Waals surface area (Å²) in [5.41, 5.74) is 3.09. The Morgan fingerprint density at radius 3 is 2.37 bits per heavy atom. The van der Waals surface area contributed by atoms with Crippen molar-refractivity contribution in [2.24, 2.45) is 7.05 Å². The van der Waals surface area contributed by atoms with Gasteiger partial charge in [-0.05, 0) is 38.1 Å². The zero-order chi connectivity index (χ0) is 19.2. The van der Waals surface area contributed by atoms with Crippen LogP contribution in [0.4, 0.5) is 17.3 Å². The molecule has 3 aromatic rings. The molecule has 3 aromatic heterocycles. The molecule has 1 amide bonds. The number of carbonyl (C=O) groups excluding carboxylic acids is 1. The molecule has 3 heterocycles. The third kappa shape index (κ3) is 4.57. The molecule has 0 aliphatic rings. The van der Waals surface area contributed by atoms with Gasteiger partial charge in [-0.15, -0.1) is 10.2 Å². The van der Waals surface area contributed by atoms with E-state index in [1.54, 1.807) is 17.1 Å². The Morgan fingerprint density at radius 1 is 1.04 bits per heavy atom. The Bertz CT molecular complexity index is 905. The van der Waals surface area contributed by atoms with Crippen molar-refractivity contribution in [3.05, 3.63) is 53.6 Å². The van der Waals surface area contributed by atoms with Crippen molar-refractivity contribution in [3.8, 4) is 0 Å². The van der Waals surface area contributed by atoms with Crippen LogP contribution in [0.25, 0.3) is 0 Å². The number of hydrogen-bond donors (Lipinski definition) is 3. The maximum absolute atomic E-state index is 12.3. The van der Waals surface area contributed by atoms with Gasteiger partial charge in [0.25, 0.3) is 5.91 Å². The van der Waals surface area contributed by atoms with Crippen molar-refractivity contribution in [1.29, 1.82) is 0 Å². The van der Waals surface area contributed by atoms with Crippen LogP contribution in [0.3, 0.4) is 0 Å². The van der Waals surface area contributed by atoms with Crippen molar-refractivity contribution in [2.75, 3.05) is 23.7 Å². The fourth-order valence-electron chi connectivity index (χ4n) is 2.63. The molecule has 0 aromatic carbocycles. The van der Waals surface area contributed by atoms with Crippen molar-refractivity contribution in [3.63, 3.8) is 0 Å². The molecule has 140 valence electrons. The van der Waals surface area contributed by atoms with Crippen LogP contribution in [0.2, 0.25) is 0 Å². The zero-order valence-corrected chi connectivity index (χ0v) is 15.5. The third-order valence-electron chi connectivity index (χ3n) is 4.07. The van der Waals surface area contributed by atoms with E-state index in [9.17, 15) is 4.79 Å². The molecule has 9 heteroatoms. The highest BCUT2D eigenvalue weighted by Crippen LogP contribution is 2.13. The Hall–Kier alpha value is -3.49. The van der Waals surface area contributed by atoms with Crippen molar-refractivity contribution >= 4 is 23.2 Å². The first kappa shape index (κ1) is 18.3. The van der Waals surface area contributed by atoms with Gasteiger partial charge in [-0.2, -0.15) is 5.10 Å². The van der Waals surface area contributed by atoms with E-state index in [0.717, 1.165) is 17.1 Å². The zero-order valence-electron chi connectivity index (χ0n) is 15.5.